The highest BCUT2D eigenvalue weighted by atomic mass is 32.2. The van der Waals surface area contributed by atoms with Crippen molar-refractivity contribution in [2.45, 2.75) is 45.5 Å². The lowest BCUT2D eigenvalue weighted by Gasteiger charge is -2.30. The van der Waals surface area contributed by atoms with Crippen molar-refractivity contribution >= 4 is 23.6 Å². The van der Waals surface area contributed by atoms with Crippen LogP contribution in [-0.2, 0) is 21.9 Å². The number of nitrogens with one attached hydrogen (secondary N) is 1. The Hall–Kier alpha value is -2.27. The maximum absolute atomic E-state index is 13.0. The van der Waals surface area contributed by atoms with Crippen molar-refractivity contribution in [2.24, 2.45) is 0 Å². The van der Waals surface area contributed by atoms with Gasteiger partial charge in [0.05, 0.1) is 5.75 Å². The van der Waals surface area contributed by atoms with Crippen molar-refractivity contribution in [1.82, 2.24) is 10.2 Å². The van der Waals surface area contributed by atoms with Crippen LogP contribution in [0.15, 0.2) is 54.6 Å². The number of carbonyl (C=O) groups excluding carboxylic acids is 2. The summed E-state index contributed by atoms with van der Waals surface area (Å²) < 4.78 is 0. The van der Waals surface area contributed by atoms with Crippen molar-refractivity contribution in [1.29, 1.82) is 0 Å². The van der Waals surface area contributed by atoms with Gasteiger partial charge in [0, 0.05) is 18.8 Å². The van der Waals surface area contributed by atoms with Gasteiger partial charge in [-0.3, -0.25) is 9.59 Å². The number of rotatable bonds is 10. The molecule has 2 rings (SSSR count). The molecule has 2 amide bonds. The SMILES string of the molecule is CCNC(=O)C(CC)N(Cc1ccccc1)C(=O)CSCc1cccc(C)c1. The lowest BCUT2D eigenvalue weighted by Crippen LogP contribution is -2.49. The maximum Gasteiger partial charge on any atom is 0.242 e. The number of thioether (sulfide) groups is 1. The second-order valence-corrected chi connectivity index (χ2v) is 7.79. The first-order valence-corrected chi connectivity index (χ1v) is 10.9. The number of benzene rings is 2. The van der Waals surface area contributed by atoms with Gasteiger partial charge in [-0.15, -0.1) is 11.8 Å². The van der Waals surface area contributed by atoms with Crippen molar-refractivity contribution in [2.75, 3.05) is 12.3 Å². The highest BCUT2D eigenvalue weighted by molar-refractivity contribution is 7.99. The van der Waals surface area contributed by atoms with Gasteiger partial charge in [-0.25, -0.2) is 0 Å². The first-order valence-electron chi connectivity index (χ1n) is 9.79. The van der Waals surface area contributed by atoms with E-state index >= 15 is 0 Å². The van der Waals surface area contributed by atoms with Gasteiger partial charge in [0.25, 0.3) is 0 Å². The quantitative estimate of drug-likeness (QED) is 0.653. The molecule has 0 fully saturated rings. The predicted molar refractivity (Wildman–Crippen MR) is 117 cm³/mol. The smallest absolute Gasteiger partial charge is 0.242 e. The van der Waals surface area contributed by atoms with Gasteiger partial charge < -0.3 is 10.2 Å². The third-order valence-corrected chi connectivity index (χ3v) is 5.50. The van der Waals surface area contributed by atoms with E-state index in [0.717, 1.165) is 11.3 Å². The Morgan fingerprint density at radius 3 is 2.39 bits per heavy atom. The monoisotopic (exact) mass is 398 g/mol. The largest absolute Gasteiger partial charge is 0.355 e. The fourth-order valence-corrected chi connectivity index (χ4v) is 3.99. The van der Waals surface area contributed by atoms with E-state index < -0.39 is 6.04 Å². The molecule has 0 aliphatic heterocycles. The van der Waals surface area contributed by atoms with Crippen molar-refractivity contribution in [3.63, 3.8) is 0 Å². The number of aryl methyl sites for hydroxylation is 1. The molecule has 0 heterocycles. The minimum absolute atomic E-state index is 0.000362. The van der Waals surface area contributed by atoms with E-state index in [1.807, 2.05) is 50.2 Å². The average molecular weight is 399 g/mol. The van der Waals surface area contributed by atoms with Crippen LogP contribution in [0.4, 0.5) is 0 Å². The van der Waals surface area contributed by atoms with Gasteiger partial charge in [0.15, 0.2) is 0 Å². The number of amides is 2. The number of nitrogens with zero attached hydrogens (tertiary/aromatic N) is 1. The zero-order valence-corrected chi connectivity index (χ0v) is 17.8. The average Bonchev–Trinajstić information content (AvgIpc) is 2.69. The molecule has 0 aliphatic rings. The second-order valence-electron chi connectivity index (χ2n) is 6.81. The molecule has 0 aliphatic carbocycles. The summed E-state index contributed by atoms with van der Waals surface area (Å²) in [5, 5.41) is 2.87. The van der Waals surface area contributed by atoms with Gasteiger partial charge in [-0.1, -0.05) is 67.1 Å². The molecule has 4 nitrogen and oxygen atoms in total. The molecule has 28 heavy (non-hydrogen) atoms. The van der Waals surface area contributed by atoms with Crippen LogP contribution in [0, 0.1) is 6.92 Å². The maximum atomic E-state index is 13.0. The summed E-state index contributed by atoms with van der Waals surface area (Å²) in [6.07, 6.45) is 0.590. The van der Waals surface area contributed by atoms with Crippen LogP contribution in [0.3, 0.4) is 0 Å². The molecule has 0 saturated heterocycles. The highest BCUT2D eigenvalue weighted by Crippen LogP contribution is 2.17. The molecule has 0 saturated carbocycles. The van der Waals surface area contributed by atoms with Gasteiger partial charge in [0.1, 0.15) is 6.04 Å². The molecule has 1 atom stereocenters. The summed E-state index contributed by atoms with van der Waals surface area (Å²) in [7, 11) is 0. The minimum atomic E-state index is -0.452. The number of hydrogen-bond donors (Lipinski definition) is 1. The van der Waals surface area contributed by atoms with Gasteiger partial charge in [-0.05, 0) is 31.4 Å². The Kier molecular flexibility index (Phi) is 9.08. The molecule has 1 N–H and O–H groups in total. The fourth-order valence-electron chi connectivity index (χ4n) is 3.13. The molecule has 2 aromatic rings. The van der Waals surface area contributed by atoms with E-state index in [1.54, 1.807) is 16.7 Å². The summed E-state index contributed by atoms with van der Waals surface area (Å²) >= 11 is 1.59. The van der Waals surface area contributed by atoms with Crippen LogP contribution in [0.2, 0.25) is 0 Å². The van der Waals surface area contributed by atoms with Crippen LogP contribution in [0.25, 0.3) is 0 Å². The Bertz CT molecular complexity index is 764. The van der Waals surface area contributed by atoms with E-state index in [0.29, 0.717) is 25.3 Å². The zero-order chi connectivity index (χ0) is 20.4. The molecular formula is C23H30N2O2S. The summed E-state index contributed by atoms with van der Waals surface area (Å²) in [5.74, 6) is 1.05. The standard InChI is InChI=1S/C23H30N2O2S/c1-4-21(23(27)24-5-2)25(15-19-11-7-6-8-12-19)22(26)17-28-16-20-13-9-10-18(3)14-20/h6-14,21H,4-5,15-17H2,1-3H3,(H,24,27). The van der Waals surface area contributed by atoms with E-state index in [2.05, 4.69) is 30.4 Å². The van der Waals surface area contributed by atoms with E-state index in [4.69, 9.17) is 0 Å². The minimum Gasteiger partial charge on any atom is -0.355 e. The van der Waals surface area contributed by atoms with Crippen molar-refractivity contribution < 1.29 is 9.59 Å². The Morgan fingerprint density at radius 1 is 1.04 bits per heavy atom. The first kappa shape index (κ1) is 22.0. The van der Waals surface area contributed by atoms with Crippen molar-refractivity contribution in [3.05, 3.63) is 71.3 Å². The second kappa shape index (κ2) is 11.5. The fraction of sp³-hybridized carbons (Fsp3) is 0.391. The molecule has 0 radical (unpaired) electrons. The molecule has 0 bridgehead atoms. The molecule has 5 heteroatoms. The number of carbonyl (C=O) groups is 2. The third-order valence-electron chi connectivity index (χ3n) is 4.51. The Balaban J connectivity index is 2.07. The third kappa shape index (κ3) is 6.71. The molecule has 2 aromatic carbocycles. The van der Waals surface area contributed by atoms with E-state index in [-0.39, 0.29) is 11.8 Å². The van der Waals surface area contributed by atoms with Gasteiger partial charge in [-0.2, -0.15) is 0 Å². The zero-order valence-electron chi connectivity index (χ0n) is 17.0. The lowest BCUT2D eigenvalue weighted by atomic mass is 10.1. The lowest BCUT2D eigenvalue weighted by molar-refractivity contribution is -0.139. The van der Waals surface area contributed by atoms with Crippen LogP contribution < -0.4 is 5.32 Å². The summed E-state index contributed by atoms with van der Waals surface area (Å²) in [6, 6.07) is 17.7. The molecular weight excluding hydrogens is 368 g/mol. The molecule has 150 valence electrons. The van der Waals surface area contributed by atoms with Crippen LogP contribution >= 0.6 is 11.8 Å². The normalized spacial score (nSPS) is 11.7. The van der Waals surface area contributed by atoms with Crippen LogP contribution in [0.5, 0.6) is 0 Å². The van der Waals surface area contributed by atoms with Gasteiger partial charge >= 0.3 is 0 Å². The highest BCUT2D eigenvalue weighted by Gasteiger charge is 2.28. The first-order chi connectivity index (χ1) is 13.5. The van der Waals surface area contributed by atoms with E-state index in [9.17, 15) is 9.59 Å². The molecule has 0 spiro atoms. The Morgan fingerprint density at radius 2 is 1.75 bits per heavy atom. The number of hydrogen-bond acceptors (Lipinski definition) is 3. The topological polar surface area (TPSA) is 49.4 Å². The van der Waals surface area contributed by atoms with Gasteiger partial charge in [0.2, 0.25) is 11.8 Å². The van der Waals surface area contributed by atoms with E-state index in [1.165, 1.54) is 11.1 Å². The molecule has 0 aromatic heterocycles. The van der Waals surface area contributed by atoms with Crippen LogP contribution in [0.1, 0.15) is 37.0 Å². The predicted octanol–water partition coefficient (Wildman–Crippen LogP) is 4.17. The van der Waals surface area contributed by atoms with Crippen LogP contribution in [-0.4, -0.2) is 35.1 Å². The summed E-state index contributed by atoms with van der Waals surface area (Å²) in [6.45, 7) is 6.92. The number of likely N-dealkylation sites (N-methyl/N-ethyl adjacent to an activating group) is 1. The molecule has 1 unspecified atom stereocenters. The summed E-state index contributed by atoms with van der Waals surface area (Å²) in [5.41, 5.74) is 3.46. The summed E-state index contributed by atoms with van der Waals surface area (Å²) in [4.78, 5) is 27.3. The van der Waals surface area contributed by atoms with Crippen molar-refractivity contribution in [3.8, 4) is 0 Å². The Labute approximate surface area is 172 Å².